The molecule has 29 heavy (non-hydrogen) atoms. The number of halogens is 1. The van der Waals surface area contributed by atoms with Gasteiger partial charge in [-0.15, -0.1) is 0 Å². The van der Waals surface area contributed by atoms with Crippen molar-refractivity contribution in [1.82, 2.24) is 9.55 Å². The summed E-state index contributed by atoms with van der Waals surface area (Å²) in [4.78, 5) is 5.26. The van der Waals surface area contributed by atoms with Crippen LogP contribution in [0, 0.1) is 3.57 Å². The highest BCUT2D eigenvalue weighted by atomic mass is 127. The molecule has 4 aromatic carbocycles. The van der Waals surface area contributed by atoms with Crippen LogP contribution in [0.15, 0.2) is 91.0 Å². The van der Waals surface area contributed by atoms with Crippen LogP contribution in [0.3, 0.4) is 0 Å². The third-order valence-corrected chi connectivity index (χ3v) is 7.12. The molecule has 0 fully saturated rings. The van der Waals surface area contributed by atoms with Crippen LogP contribution >= 0.6 is 22.6 Å². The number of nitrogens with zero attached hydrogens (tertiary/aromatic N) is 2. The van der Waals surface area contributed by atoms with Crippen molar-refractivity contribution in [1.29, 1.82) is 0 Å². The molecule has 0 saturated heterocycles. The molecule has 1 aliphatic heterocycles. The number of aromatic nitrogens is 2. The minimum Gasteiger partial charge on any atom is -0.295 e. The van der Waals surface area contributed by atoms with Crippen molar-refractivity contribution in [3.63, 3.8) is 0 Å². The van der Waals surface area contributed by atoms with Gasteiger partial charge in [0.1, 0.15) is 11.2 Å². The van der Waals surface area contributed by atoms with Crippen molar-refractivity contribution in [2.75, 3.05) is 0 Å². The van der Waals surface area contributed by atoms with Crippen LogP contribution in [-0.2, 0) is 5.41 Å². The van der Waals surface area contributed by atoms with Gasteiger partial charge in [-0.1, -0.05) is 66.7 Å². The van der Waals surface area contributed by atoms with Crippen molar-refractivity contribution < 1.29 is 0 Å². The molecule has 1 aromatic heterocycles. The van der Waals surface area contributed by atoms with E-state index in [1.165, 1.54) is 42.6 Å². The van der Waals surface area contributed by atoms with E-state index in [2.05, 4.69) is 118 Å². The lowest BCUT2D eigenvalue weighted by Gasteiger charge is -2.27. The Balaban J connectivity index is 1.74. The zero-order valence-electron chi connectivity index (χ0n) is 15.4. The molecule has 2 nitrogen and oxygen atoms in total. The quantitative estimate of drug-likeness (QED) is 0.232. The van der Waals surface area contributed by atoms with Gasteiger partial charge < -0.3 is 0 Å². The lowest BCUT2D eigenvalue weighted by Crippen LogP contribution is -2.27. The molecule has 1 aliphatic carbocycles. The summed E-state index contributed by atoms with van der Waals surface area (Å²) in [6.07, 6.45) is 0. The smallest absolute Gasteiger partial charge is 0.134 e. The first-order chi connectivity index (χ1) is 14.3. The Morgan fingerprint density at radius 1 is 0.690 bits per heavy atom. The van der Waals surface area contributed by atoms with Crippen molar-refractivity contribution in [3.05, 3.63) is 117 Å². The minimum absolute atomic E-state index is 0.367. The third kappa shape index (κ3) is 1.76. The third-order valence-electron chi connectivity index (χ3n) is 6.45. The highest BCUT2D eigenvalue weighted by Crippen LogP contribution is 2.60. The van der Waals surface area contributed by atoms with Gasteiger partial charge in [-0.05, 0) is 74.7 Å². The lowest BCUT2D eigenvalue weighted by molar-refractivity contribution is 0.738. The summed E-state index contributed by atoms with van der Waals surface area (Å²) in [5.74, 6) is 1.10. The van der Waals surface area contributed by atoms with Crippen LogP contribution in [-0.4, -0.2) is 9.55 Å². The number of benzene rings is 4. The summed E-state index contributed by atoms with van der Waals surface area (Å²) in [7, 11) is 0. The predicted molar refractivity (Wildman–Crippen MR) is 125 cm³/mol. The molecular weight excluding hydrogens is 467 g/mol. The highest BCUT2D eigenvalue weighted by molar-refractivity contribution is 14.1. The van der Waals surface area contributed by atoms with Crippen LogP contribution < -0.4 is 0 Å². The first kappa shape index (κ1) is 15.9. The van der Waals surface area contributed by atoms with Crippen molar-refractivity contribution in [3.8, 4) is 16.8 Å². The van der Waals surface area contributed by atoms with E-state index in [9.17, 15) is 0 Å². The molecule has 136 valence electrons. The summed E-state index contributed by atoms with van der Waals surface area (Å²) in [6, 6.07) is 33.0. The molecule has 0 radical (unpaired) electrons. The molecule has 0 saturated carbocycles. The highest BCUT2D eigenvalue weighted by Gasteiger charge is 2.53. The van der Waals surface area contributed by atoms with Gasteiger partial charge in [-0.2, -0.15) is 0 Å². The normalized spacial score (nSPS) is 14.7. The van der Waals surface area contributed by atoms with E-state index in [0.29, 0.717) is 0 Å². The average molecular weight is 482 g/mol. The zero-order chi connectivity index (χ0) is 19.2. The summed E-state index contributed by atoms with van der Waals surface area (Å²) >= 11 is 2.37. The Labute approximate surface area is 182 Å². The second-order valence-electron chi connectivity index (χ2n) is 7.76. The molecule has 0 N–H and O–H groups in total. The van der Waals surface area contributed by atoms with Crippen LogP contribution in [0.4, 0.5) is 0 Å². The summed E-state index contributed by atoms with van der Waals surface area (Å²) in [5.41, 5.74) is 9.71. The van der Waals surface area contributed by atoms with Crippen molar-refractivity contribution in [2.24, 2.45) is 0 Å². The van der Waals surface area contributed by atoms with E-state index in [-0.39, 0.29) is 5.41 Å². The van der Waals surface area contributed by atoms with E-state index in [1.54, 1.807) is 0 Å². The molecule has 7 rings (SSSR count). The molecule has 2 heterocycles. The van der Waals surface area contributed by atoms with Gasteiger partial charge in [0.05, 0.1) is 16.7 Å². The minimum atomic E-state index is -0.367. The number of rotatable bonds is 0. The summed E-state index contributed by atoms with van der Waals surface area (Å²) < 4.78 is 3.58. The number of hydrogen-bond acceptors (Lipinski definition) is 1. The SMILES string of the molecule is Ic1ccc2c(c1)nc1n2-c2ccccc2C12c1ccccc1-c1ccccc12. The summed E-state index contributed by atoms with van der Waals surface area (Å²) in [5, 5.41) is 0. The summed E-state index contributed by atoms with van der Waals surface area (Å²) in [6.45, 7) is 0. The van der Waals surface area contributed by atoms with E-state index in [0.717, 1.165) is 11.3 Å². The maximum Gasteiger partial charge on any atom is 0.134 e. The lowest BCUT2D eigenvalue weighted by atomic mass is 9.73. The first-order valence-corrected chi connectivity index (χ1v) is 10.9. The number of fused-ring (bicyclic) bond motifs is 12. The molecule has 0 amide bonds. The number of hydrogen-bond donors (Lipinski definition) is 0. The fourth-order valence-corrected chi connectivity index (χ4v) is 5.90. The number of para-hydroxylation sites is 1. The van der Waals surface area contributed by atoms with Crippen LogP contribution in [0.5, 0.6) is 0 Å². The number of imidazole rings is 1. The van der Waals surface area contributed by atoms with E-state index in [4.69, 9.17) is 4.98 Å². The molecule has 0 unspecified atom stereocenters. The van der Waals surface area contributed by atoms with Gasteiger partial charge in [0, 0.05) is 3.57 Å². The van der Waals surface area contributed by atoms with E-state index < -0.39 is 0 Å². The maximum atomic E-state index is 5.26. The van der Waals surface area contributed by atoms with Gasteiger partial charge in [0.15, 0.2) is 0 Å². The Morgan fingerprint density at radius 2 is 1.31 bits per heavy atom. The molecule has 1 spiro atoms. The van der Waals surface area contributed by atoms with Gasteiger partial charge >= 0.3 is 0 Å². The predicted octanol–water partition coefficient (Wildman–Crippen LogP) is 6.31. The Morgan fingerprint density at radius 3 is 2.03 bits per heavy atom. The van der Waals surface area contributed by atoms with E-state index in [1.807, 2.05) is 0 Å². The van der Waals surface area contributed by atoms with Gasteiger partial charge in [0.2, 0.25) is 0 Å². The average Bonchev–Trinajstić information content (AvgIpc) is 3.36. The standard InChI is InChI=1S/C26H15IN2/c27-16-13-14-24-22(15-16)28-25-26(21-11-5-6-12-23(21)29(24)25)19-9-3-1-7-17(19)18-8-2-4-10-20(18)26/h1-15H. The molecule has 3 heteroatoms. The van der Waals surface area contributed by atoms with Crippen molar-refractivity contribution in [2.45, 2.75) is 5.41 Å². The zero-order valence-corrected chi connectivity index (χ0v) is 17.6. The maximum absolute atomic E-state index is 5.26. The Bertz CT molecular complexity index is 1430. The monoisotopic (exact) mass is 482 g/mol. The molecular formula is C26H15IN2. The van der Waals surface area contributed by atoms with Gasteiger partial charge in [0.25, 0.3) is 0 Å². The second kappa shape index (κ2) is 5.36. The van der Waals surface area contributed by atoms with Crippen LogP contribution in [0.25, 0.3) is 27.8 Å². The fourth-order valence-electron chi connectivity index (χ4n) is 5.42. The Kier molecular flexibility index (Phi) is 2.95. The van der Waals surface area contributed by atoms with E-state index >= 15 is 0 Å². The van der Waals surface area contributed by atoms with Crippen LogP contribution in [0.1, 0.15) is 22.5 Å². The first-order valence-electron chi connectivity index (χ1n) is 9.78. The van der Waals surface area contributed by atoms with Gasteiger partial charge in [-0.3, -0.25) is 4.57 Å². The molecule has 0 bridgehead atoms. The van der Waals surface area contributed by atoms with Crippen LogP contribution in [0.2, 0.25) is 0 Å². The largest absolute Gasteiger partial charge is 0.295 e. The van der Waals surface area contributed by atoms with Gasteiger partial charge in [-0.25, -0.2) is 4.98 Å². The molecule has 5 aromatic rings. The second-order valence-corrected chi connectivity index (χ2v) is 9.01. The fraction of sp³-hybridized carbons (Fsp3) is 0.0385. The topological polar surface area (TPSA) is 17.8 Å². The van der Waals surface area contributed by atoms with Crippen molar-refractivity contribution >= 4 is 33.6 Å². The molecule has 2 aliphatic rings. The Hall–Kier alpha value is -2.92. The molecule has 0 atom stereocenters.